The van der Waals surface area contributed by atoms with Crippen molar-refractivity contribution in [3.8, 4) is 5.88 Å². The van der Waals surface area contributed by atoms with Gasteiger partial charge in [-0.1, -0.05) is 11.6 Å². The molecule has 6 nitrogen and oxygen atoms in total. The van der Waals surface area contributed by atoms with Gasteiger partial charge in [-0.3, -0.25) is 10.1 Å². The number of hydrogen-bond acceptors (Lipinski definition) is 5. The predicted molar refractivity (Wildman–Crippen MR) is 57.8 cm³/mol. The van der Waals surface area contributed by atoms with Gasteiger partial charge in [0.15, 0.2) is 5.15 Å². The first kappa shape index (κ1) is 10.6. The molecule has 0 atom stereocenters. The maximum Gasteiger partial charge on any atom is 0.271 e. The smallest absolute Gasteiger partial charge is 0.271 e. The molecule has 16 heavy (non-hydrogen) atoms. The molecule has 0 amide bonds. The molecule has 0 saturated carbocycles. The Morgan fingerprint density at radius 3 is 2.75 bits per heavy atom. The lowest BCUT2D eigenvalue weighted by molar-refractivity contribution is -0.384. The molecule has 2 rings (SSSR count). The summed E-state index contributed by atoms with van der Waals surface area (Å²) in [5.74, 6) is 0.148. The Kier molecular flexibility index (Phi) is 2.57. The topological polar surface area (TPSA) is 78.2 Å². The fourth-order valence-corrected chi connectivity index (χ4v) is 1.46. The number of rotatable bonds is 2. The van der Waals surface area contributed by atoms with E-state index in [0.29, 0.717) is 11.0 Å². The molecule has 0 radical (unpaired) electrons. The van der Waals surface area contributed by atoms with Crippen LogP contribution in [0, 0.1) is 10.1 Å². The lowest BCUT2D eigenvalue weighted by Crippen LogP contribution is -1.94. The van der Waals surface area contributed by atoms with E-state index in [2.05, 4.69) is 9.97 Å². The Morgan fingerprint density at radius 2 is 2.12 bits per heavy atom. The Hall–Kier alpha value is -1.95. The first-order valence-corrected chi connectivity index (χ1v) is 4.65. The lowest BCUT2D eigenvalue weighted by atomic mass is 10.2. The van der Waals surface area contributed by atoms with Crippen LogP contribution in [0.25, 0.3) is 11.0 Å². The number of nitro benzene ring substituents is 1. The number of aromatic nitrogens is 2. The average Bonchev–Trinajstić information content (AvgIpc) is 2.27. The third kappa shape index (κ3) is 1.74. The van der Waals surface area contributed by atoms with Crippen molar-refractivity contribution in [2.24, 2.45) is 0 Å². The molecule has 2 aromatic rings. The van der Waals surface area contributed by atoms with E-state index in [0.717, 1.165) is 0 Å². The average molecular weight is 240 g/mol. The third-order valence-electron chi connectivity index (χ3n) is 1.98. The fourth-order valence-electron chi connectivity index (χ4n) is 1.25. The van der Waals surface area contributed by atoms with E-state index in [-0.39, 0.29) is 16.7 Å². The van der Waals surface area contributed by atoms with Crippen molar-refractivity contribution in [1.82, 2.24) is 9.97 Å². The maximum atomic E-state index is 10.6. The molecule has 0 spiro atoms. The zero-order valence-corrected chi connectivity index (χ0v) is 8.93. The van der Waals surface area contributed by atoms with Crippen molar-refractivity contribution in [3.05, 3.63) is 33.5 Å². The molecule has 0 unspecified atom stereocenters. The molecular weight excluding hydrogens is 234 g/mol. The summed E-state index contributed by atoms with van der Waals surface area (Å²) in [7, 11) is 1.40. The summed E-state index contributed by atoms with van der Waals surface area (Å²) in [6, 6.07) is 4.16. The van der Waals surface area contributed by atoms with E-state index in [1.807, 2.05) is 0 Å². The molecule has 0 aliphatic rings. The highest BCUT2D eigenvalue weighted by molar-refractivity contribution is 6.31. The van der Waals surface area contributed by atoms with E-state index < -0.39 is 4.92 Å². The van der Waals surface area contributed by atoms with Gasteiger partial charge in [-0.15, -0.1) is 0 Å². The highest BCUT2D eigenvalue weighted by Gasteiger charge is 2.11. The Labute approximate surface area is 95.0 Å². The SMILES string of the molecule is COc1nc2cc([N+](=O)[O-])ccc2nc1Cl. The molecule has 1 aromatic heterocycles. The first-order chi connectivity index (χ1) is 7.61. The molecule has 0 aliphatic carbocycles. The standard InChI is InChI=1S/C9H6ClN3O3/c1-16-9-8(10)11-6-3-2-5(13(14)15)4-7(6)12-9/h2-4H,1H3. The fraction of sp³-hybridized carbons (Fsp3) is 0.111. The molecule has 0 bridgehead atoms. The normalized spacial score (nSPS) is 10.4. The molecule has 7 heteroatoms. The van der Waals surface area contributed by atoms with Crippen molar-refractivity contribution >= 4 is 28.3 Å². The van der Waals surface area contributed by atoms with Crippen molar-refractivity contribution in [3.63, 3.8) is 0 Å². The molecule has 0 N–H and O–H groups in total. The van der Waals surface area contributed by atoms with E-state index in [9.17, 15) is 10.1 Å². The zero-order valence-electron chi connectivity index (χ0n) is 8.18. The van der Waals surface area contributed by atoms with Crippen LogP contribution < -0.4 is 4.74 Å². The number of non-ortho nitro benzene ring substituents is 1. The van der Waals surface area contributed by atoms with E-state index in [1.165, 1.54) is 25.3 Å². The Balaban J connectivity index is 2.68. The summed E-state index contributed by atoms with van der Waals surface area (Å²) in [6.45, 7) is 0. The highest BCUT2D eigenvalue weighted by atomic mass is 35.5. The summed E-state index contributed by atoms with van der Waals surface area (Å²) < 4.78 is 4.88. The van der Waals surface area contributed by atoms with Crippen molar-refractivity contribution in [2.45, 2.75) is 0 Å². The van der Waals surface area contributed by atoms with Gasteiger partial charge < -0.3 is 4.74 Å². The maximum absolute atomic E-state index is 10.6. The second-order valence-electron chi connectivity index (χ2n) is 2.95. The minimum Gasteiger partial charge on any atom is -0.479 e. The molecule has 1 heterocycles. The van der Waals surface area contributed by atoms with Crippen LogP contribution in [-0.4, -0.2) is 22.0 Å². The van der Waals surface area contributed by atoms with Crippen LogP contribution in [0.5, 0.6) is 5.88 Å². The van der Waals surface area contributed by atoms with Gasteiger partial charge in [-0.25, -0.2) is 9.97 Å². The predicted octanol–water partition coefficient (Wildman–Crippen LogP) is 2.20. The summed E-state index contributed by atoms with van der Waals surface area (Å²) in [5, 5.41) is 10.7. The first-order valence-electron chi connectivity index (χ1n) is 4.27. The van der Waals surface area contributed by atoms with Crippen LogP contribution in [-0.2, 0) is 0 Å². The van der Waals surface area contributed by atoms with Crippen LogP contribution in [0.4, 0.5) is 5.69 Å². The second kappa shape index (κ2) is 3.90. The largest absolute Gasteiger partial charge is 0.479 e. The summed E-state index contributed by atoms with van der Waals surface area (Å²) in [6.07, 6.45) is 0. The van der Waals surface area contributed by atoms with Crippen molar-refractivity contribution in [2.75, 3.05) is 7.11 Å². The van der Waals surface area contributed by atoms with Gasteiger partial charge in [0.2, 0.25) is 0 Å². The highest BCUT2D eigenvalue weighted by Crippen LogP contribution is 2.25. The van der Waals surface area contributed by atoms with Gasteiger partial charge in [0.25, 0.3) is 11.6 Å². The Morgan fingerprint density at radius 1 is 1.38 bits per heavy atom. The van der Waals surface area contributed by atoms with Gasteiger partial charge in [0.1, 0.15) is 0 Å². The molecular formula is C9H6ClN3O3. The molecule has 82 valence electrons. The van der Waals surface area contributed by atoms with Crippen molar-refractivity contribution < 1.29 is 9.66 Å². The summed E-state index contributed by atoms with van der Waals surface area (Å²) in [5.41, 5.74) is 0.804. The number of nitro groups is 1. The molecule has 0 saturated heterocycles. The second-order valence-corrected chi connectivity index (χ2v) is 3.31. The van der Waals surface area contributed by atoms with Crippen LogP contribution >= 0.6 is 11.6 Å². The van der Waals surface area contributed by atoms with Crippen molar-refractivity contribution in [1.29, 1.82) is 0 Å². The van der Waals surface area contributed by atoms with E-state index in [1.54, 1.807) is 0 Å². The zero-order chi connectivity index (χ0) is 11.7. The van der Waals surface area contributed by atoms with Crippen LogP contribution in [0.3, 0.4) is 0 Å². The van der Waals surface area contributed by atoms with Gasteiger partial charge in [-0.05, 0) is 6.07 Å². The number of halogens is 1. The molecule has 0 fully saturated rings. The van der Waals surface area contributed by atoms with Gasteiger partial charge in [0.05, 0.1) is 23.1 Å². The van der Waals surface area contributed by atoms with Gasteiger partial charge in [0, 0.05) is 12.1 Å². The summed E-state index contributed by atoms with van der Waals surface area (Å²) in [4.78, 5) is 18.1. The number of fused-ring (bicyclic) bond motifs is 1. The van der Waals surface area contributed by atoms with Crippen LogP contribution in [0.15, 0.2) is 18.2 Å². The number of nitrogens with zero attached hydrogens (tertiary/aromatic N) is 3. The van der Waals surface area contributed by atoms with Crippen LogP contribution in [0.2, 0.25) is 5.15 Å². The monoisotopic (exact) mass is 239 g/mol. The number of benzene rings is 1. The van der Waals surface area contributed by atoms with Crippen LogP contribution in [0.1, 0.15) is 0 Å². The quantitative estimate of drug-likeness (QED) is 0.593. The molecule has 1 aromatic carbocycles. The molecule has 0 aliphatic heterocycles. The van der Waals surface area contributed by atoms with E-state index in [4.69, 9.17) is 16.3 Å². The minimum atomic E-state index is -0.498. The Bertz CT molecular complexity index is 573. The lowest BCUT2D eigenvalue weighted by Gasteiger charge is -2.02. The third-order valence-corrected chi connectivity index (χ3v) is 2.23. The summed E-state index contributed by atoms with van der Waals surface area (Å²) >= 11 is 5.77. The minimum absolute atomic E-state index is 0.0498. The van der Waals surface area contributed by atoms with E-state index >= 15 is 0 Å². The van der Waals surface area contributed by atoms with Gasteiger partial charge in [-0.2, -0.15) is 0 Å². The van der Waals surface area contributed by atoms with Gasteiger partial charge >= 0.3 is 0 Å². The number of ether oxygens (including phenoxy) is 1. The number of hydrogen-bond donors (Lipinski definition) is 0. The number of methoxy groups -OCH3 is 1.